The molecule has 0 amide bonds. The van der Waals surface area contributed by atoms with Gasteiger partial charge in [0.2, 0.25) is 0 Å². The maximum absolute atomic E-state index is 5.81. The third-order valence-corrected chi connectivity index (χ3v) is 4.22. The van der Waals surface area contributed by atoms with Crippen molar-refractivity contribution in [1.82, 2.24) is 4.90 Å². The molecule has 0 atom stereocenters. The van der Waals surface area contributed by atoms with Crippen molar-refractivity contribution in [3.8, 4) is 5.75 Å². The first-order valence-electron chi connectivity index (χ1n) is 7.44. The molecule has 0 unspecified atom stereocenters. The fourth-order valence-corrected chi connectivity index (χ4v) is 2.58. The summed E-state index contributed by atoms with van der Waals surface area (Å²) in [5.74, 6) is 1.75. The highest BCUT2D eigenvalue weighted by molar-refractivity contribution is 7.80. The SMILES string of the molecule is CCN(CCOc1cccc(C(N)=S)c1)CC1CCC1. The summed E-state index contributed by atoms with van der Waals surface area (Å²) < 4.78 is 5.81. The largest absolute Gasteiger partial charge is 0.492 e. The van der Waals surface area contributed by atoms with Crippen LogP contribution in [-0.4, -0.2) is 36.1 Å². The van der Waals surface area contributed by atoms with Crippen LogP contribution in [0.1, 0.15) is 31.7 Å². The molecule has 0 radical (unpaired) electrons. The van der Waals surface area contributed by atoms with Gasteiger partial charge in [0, 0.05) is 18.7 Å². The predicted octanol–water partition coefficient (Wildman–Crippen LogP) is 2.82. The number of ether oxygens (including phenoxy) is 1. The van der Waals surface area contributed by atoms with Crippen LogP contribution < -0.4 is 10.5 Å². The molecule has 4 heteroatoms. The molecular formula is C16H24N2OS. The van der Waals surface area contributed by atoms with Gasteiger partial charge in [0.15, 0.2) is 0 Å². The molecular weight excluding hydrogens is 268 g/mol. The van der Waals surface area contributed by atoms with Gasteiger partial charge in [-0.05, 0) is 37.4 Å². The Balaban J connectivity index is 1.76. The highest BCUT2D eigenvalue weighted by Crippen LogP contribution is 2.26. The van der Waals surface area contributed by atoms with E-state index in [4.69, 9.17) is 22.7 Å². The van der Waals surface area contributed by atoms with E-state index < -0.39 is 0 Å². The molecule has 0 aromatic heterocycles. The molecule has 110 valence electrons. The number of hydrogen-bond acceptors (Lipinski definition) is 3. The summed E-state index contributed by atoms with van der Waals surface area (Å²) >= 11 is 4.98. The van der Waals surface area contributed by atoms with Crippen molar-refractivity contribution in [2.24, 2.45) is 11.7 Å². The van der Waals surface area contributed by atoms with Gasteiger partial charge < -0.3 is 10.5 Å². The minimum absolute atomic E-state index is 0.413. The lowest BCUT2D eigenvalue weighted by Gasteiger charge is -2.31. The predicted molar refractivity (Wildman–Crippen MR) is 87.3 cm³/mol. The van der Waals surface area contributed by atoms with Gasteiger partial charge in [0.25, 0.3) is 0 Å². The van der Waals surface area contributed by atoms with E-state index in [1.165, 1.54) is 25.8 Å². The topological polar surface area (TPSA) is 38.5 Å². The van der Waals surface area contributed by atoms with Gasteiger partial charge in [-0.2, -0.15) is 0 Å². The lowest BCUT2D eigenvalue weighted by Crippen LogP contribution is -2.35. The van der Waals surface area contributed by atoms with Crippen molar-refractivity contribution in [1.29, 1.82) is 0 Å². The lowest BCUT2D eigenvalue weighted by atomic mass is 9.85. The van der Waals surface area contributed by atoms with Crippen molar-refractivity contribution in [3.63, 3.8) is 0 Å². The third kappa shape index (κ3) is 4.46. The van der Waals surface area contributed by atoms with Crippen LogP contribution >= 0.6 is 12.2 Å². The van der Waals surface area contributed by atoms with Crippen LogP contribution in [0.4, 0.5) is 0 Å². The Bertz CT molecular complexity index is 446. The van der Waals surface area contributed by atoms with E-state index in [2.05, 4.69) is 11.8 Å². The van der Waals surface area contributed by atoms with Crippen molar-refractivity contribution < 1.29 is 4.74 Å². The minimum atomic E-state index is 0.413. The van der Waals surface area contributed by atoms with Gasteiger partial charge in [0.05, 0.1) is 0 Å². The number of hydrogen-bond donors (Lipinski definition) is 1. The van der Waals surface area contributed by atoms with Crippen LogP contribution in [0.3, 0.4) is 0 Å². The average molecular weight is 292 g/mol. The highest BCUT2D eigenvalue weighted by atomic mass is 32.1. The fraction of sp³-hybridized carbons (Fsp3) is 0.562. The highest BCUT2D eigenvalue weighted by Gasteiger charge is 2.19. The standard InChI is InChI=1S/C16H24N2OS/c1-2-18(12-13-5-3-6-13)9-10-19-15-8-4-7-14(11-15)16(17)20/h4,7-8,11,13H,2-3,5-6,9-10,12H2,1H3,(H2,17,20). The minimum Gasteiger partial charge on any atom is -0.492 e. The summed E-state index contributed by atoms with van der Waals surface area (Å²) in [7, 11) is 0. The van der Waals surface area contributed by atoms with Crippen molar-refractivity contribution in [2.75, 3.05) is 26.2 Å². The van der Waals surface area contributed by atoms with Gasteiger partial charge >= 0.3 is 0 Å². The zero-order chi connectivity index (χ0) is 14.4. The zero-order valence-corrected chi connectivity index (χ0v) is 13.0. The van der Waals surface area contributed by atoms with Crippen LogP contribution in [0.25, 0.3) is 0 Å². The monoisotopic (exact) mass is 292 g/mol. The van der Waals surface area contributed by atoms with E-state index in [0.29, 0.717) is 11.6 Å². The number of nitrogens with two attached hydrogens (primary N) is 1. The number of benzene rings is 1. The number of nitrogens with zero attached hydrogens (tertiary/aromatic N) is 1. The molecule has 2 rings (SSSR count). The Morgan fingerprint density at radius 2 is 2.25 bits per heavy atom. The van der Waals surface area contributed by atoms with Crippen molar-refractivity contribution >= 4 is 17.2 Å². The van der Waals surface area contributed by atoms with Crippen LogP contribution in [0.2, 0.25) is 0 Å². The maximum atomic E-state index is 5.81. The molecule has 1 saturated carbocycles. The molecule has 0 spiro atoms. The smallest absolute Gasteiger partial charge is 0.120 e. The van der Waals surface area contributed by atoms with E-state index in [1.807, 2.05) is 24.3 Å². The summed E-state index contributed by atoms with van der Waals surface area (Å²) in [5, 5.41) is 0. The Kier molecular flexibility index (Phi) is 5.80. The fourth-order valence-electron chi connectivity index (χ4n) is 2.45. The first kappa shape index (κ1) is 15.3. The molecule has 3 nitrogen and oxygen atoms in total. The maximum Gasteiger partial charge on any atom is 0.120 e. The molecule has 2 N–H and O–H groups in total. The molecule has 0 saturated heterocycles. The van der Waals surface area contributed by atoms with Crippen molar-refractivity contribution in [3.05, 3.63) is 29.8 Å². The van der Waals surface area contributed by atoms with E-state index in [0.717, 1.165) is 30.3 Å². The average Bonchev–Trinajstić information content (AvgIpc) is 2.41. The Hall–Kier alpha value is -1.13. The summed E-state index contributed by atoms with van der Waals surface area (Å²) in [5.41, 5.74) is 6.49. The quantitative estimate of drug-likeness (QED) is 0.748. The van der Waals surface area contributed by atoms with E-state index in [-0.39, 0.29) is 0 Å². The van der Waals surface area contributed by atoms with Crippen molar-refractivity contribution in [2.45, 2.75) is 26.2 Å². The molecule has 20 heavy (non-hydrogen) atoms. The molecule has 0 aliphatic heterocycles. The van der Waals surface area contributed by atoms with E-state index in [1.54, 1.807) is 0 Å². The zero-order valence-electron chi connectivity index (χ0n) is 12.2. The third-order valence-electron chi connectivity index (χ3n) is 3.98. The summed E-state index contributed by atoms with van der Waals surface area (Å²) in [4.78, 5) is 2.89. The molecule has 1 fully saturated rings. The molecule has 1 aliphatic carbocycles. The first-order valence-corrected chi connectivity index (χ1v) is 7.85. The van der Waals surface area contributed by atoms with Gasteiger partial charge in [-0.15, -0.1) is 0 Å². The second kappa shape index (κ2) is 7.60. The number of likely N-dealkylation sites (N-methyl/N-ethyl adjacent to an activating group) is 1. The van der Waals surface area contributed by atoms with Crippen LogP contribution in [0.15, 0.2) is 24.3 Å². The summed E-state index contributed by atoms with van der Waals surface area (Å²) in [6, 6.07) is 7.69. The van der Waals surface area contributed by atoms with E-state index >= 15 is 0 Å². The summed E-state index contributed by atoms with van der Waals surface area (Å²) in [6.07, 6.45) is 4.20. The number of rotatable bonds is 8. The van der Waals surface area contributed by atoms with Crippen LogP contribution in [0, 0.1) is 5.92 Å². The molecule has 0 heterocycles. The Morgan fingerprint density at radius 3 is 2.85 bits per heavy atom. The second-order valence-electron chi connectivity index (χ2n) is 5.43. The van der Waals surface area contributed by atoms with Crippen LogP contribution in [-0.2, 0) is 0 Å². The molecule has 1 aromatic rings. The lowest BCUT2D eigenvalue weighted by molar-refractivity contribution is 0.158. The van der Waals surface area contributed by atoms with Gasteiger partial charge in [-0.25, -0.2) is 0 Å². The second-order valence-corrected chi connectivity index (χ2v) is 5.87. The molecule has 0 bridgehead atoms. The molecule has 1 aromatic carbocycles. The molecule has 1 aliphatic rings. The van der Waals surface area contributed by atoms with E-state index in [9.17, 15) is 0 Å². The Labute approximate surface area is 127 Å². The van der Waals surface area contributed by atoms with Gasteiger partial charge in [-0.3, -0.25) is 4.90 Å². The Morgan fingerprint density at radius 1 is 1.45 bits per heavy atom. The summed E-state index contributed by atoms with van der Waals surface area (Å²) in [6.45, 7) is 6.21. The first-order chi connectivity index (χ1) is 9.69. The van der Waals surface area contributed by atoms with Crippen LogP contribution in [0.5, 0.6) is 5.75 Å². The normalized spacial score (nSPS) is 15.1. The van der Waals surface area contributed by atoms with Gasteiger partial charge in [0.1, 0.15) is 17.3 Å². The number of thiocarbonyl (C=S) groups is 1. The van der Waals surface area contributed by atoms with Gasteiger partial charge in [-0.1, -0.05) is 37.7 Å².